The Balaban J connectivity index is 0.964. The lowest BCUT2D eigenvalue weighted by molar-refractivity contribution is -0.0808. The third kappa shape index (κ3) is 5.35. The summed E-state index contributed by atoms with van der Waals surface area (Å²) in [5.41, 5.74) is 13.3. The molecule has 1 spiro atoms. The molecule has 4 N–H and O–H groups in total. The molecule has 1 aliphatic carbocycles. The van der Waals surface area contributed by atoms with Gasteiger partial charge in [0.2, 0.25) is 0 Å². The molecule has 0 bridgehead atoms. The van der Waals surface area contributed by atoms with E-state index in [1.165, 1.54) is 23.8 Å². The zero-order valence-corrected chi connectivity index (χ0v) is 26.1. The molecule has 238 valence electrons. The van der Waals surface area contributed by atoms with Crippen LogP contribution in [0, 0.1) is 5.41 Å². The van der Waals surface area contributed by atoms with Gasteiger partial charge in [0.15, 0.2) is 17.8 Å². The highest BCUT2D eigenvalue weighted by molar-refractivity contribution is 5.96. The largest absolute Gasteiger partial charge is 0.507 e. The first-order chi connectivity index (χ1) is 23.4. The lowest BCUT2D eigenvalue weighted by atomic mass is 9.60. The minimum atomic E-state index is -0.222. The molecule has 2 aliphatic rings. The van der Waals surface area contributed by atoms with E-state index >= 15 is 0 Å². The van der Waals surface area contributed by atoms with E-state index in [0.29, 0.717) is 23.5 Å². The Hall–Kier alpha value is -5.87. The maximum Gasteiger partial charge on any atom is 0.251 e. The van der Waals surface area contributed by atoms with Crippen molar-refractivity contribution in [2.24, 2.45) is 5.41 Å². The predicted octanol–water partition coefficient (Wildman–Crippen LogP) is 5.64. The van der Waals surface area contributed by atoms with Gasteiger partial charge in [0.05, 0.1) is 16.8 Å². The summed E-state index contributed by atoms with van der Waals surface area (Å²) in [6, 6.07) is 30.8. The molecule has 10 heteroatoms. The Labute approximate surface area is 276 Å². The number of phenols is 1. The van der Waals surface area contributed by atoms with E-state index < -0.39 is 0 Å². The van der Waals surface area contributed by atoms with Crippen molar-refractivity contribution >= 4 is 29.2 Å². The molecule has 1 saturated carbocycles. The standard InChI is InChI=1S/C38H33N7O3/c39-34-30(7-4-16-40-34)35-43-32-14-13-31(25-5-2-1-3-6-25)42-36(32)45(35)29-11-8-24(9-12-29)20-44-22-38(23-44)18-28(19-38)41-37(48)26-10-15-33(47)27(17-26)21-46/h1-17,21,28,47H,18-20,22-23H2,(H2,39,40)(H,41,48). The van der Waals surface area contributed by atoms with Gasteiger partial charge in [-0.1, -0.05) is 42.5 Å². The lowest BCUT2D eigenvalue weighted by Crippen LogP contribution is -2.66. The number of imidazole rings is 1. The number of nitrogens with zero attached hydrogens (tertiary/aromatic N) is 5. The van der Waals surface area contributed by atoms with Crippen LogP contribution in [0.5, 0.6) is 5.75 Å². The minimum absolute atomic E-state index is 0.108. The molecular weight excluding hydrogens is 602 g/mol. The summed E-state index contributed by atoms with van der Waals surface area (Å²) in [6.45, 7) is 2.81. The van der Waals surface area contributed by atoms with Gasteiger partial charge in [-0.15, -0.1) is 0 Å². The Morgan fingerprint density at radius 1 is 0.958 bits per heavy atom. The van der Waals surface area contributed by atoms with Gasteiger partial charge in [-0.05, 0) is 78.4 Å². The number of carbonyl (C=O) groups is 2. The number of nitrogens with one attached hydrogen (secondary N) is 1. The number of aromatic nitrogens is 4. The number of aromatic hydroxyl groups is 1. The van der Waals surface area contributed by atoms with Crippen molar-refractivity contribution in [3.63, 3.8) is 0 Å². The van der Waals surface area contributed by atoms with Gasteiger partial charge in [-0.25, -0.2) is 15.0 Å². The molecule has 4 heterocycles. The van der Waals surface area contributed by atoms with E-state index in [9.17, 15) is 14.7 Å². The molecule has 0 radical (unpaired) electrons. The lowest BCUT2D eigenvalue weighted by Gasteiger charge is -2.59. The molecule has 1 saturated heterocycles. The van der Waals surface area contributed by atoms with Crippen molar-refractivity contribution in [1.82, 2.24) is 29.7 Å². The van der Waals surface area contributed by atoms with Crippen molar-refractivity contribution in [3.05, 3.63) is 120 Å². The SMILES string of the molecule is Nc1ncccc1-c1nc2ccc(-c3ccccc3)nc2n1-c1ccc(CN2CC3(CC(NC(=O)c4ccc(O)c(C=O)c4)C3)C2)cc1. The molecule has 1 aliphatic heterocycles. The summed E-state index contributed by atoms with van der Waals surface area (Å²) >= 11 is 0. The number of aldehydes is 1. The normalized spacial score (nSPS) is 15.6. The van der Waals surface area contributed by atoms with E-state index in [4.69, 9.17) is 15.7 Å². The number of fused-ring (bicyclic) bond motifs is 1. The highest BCUT2D eigenvalue weighted by Crippen LogP contribution is 2.49. The summed E-state index contributed by atoms with van der Waals surface area (Å²) in [5, 5.41) is 12.8. The number of hydrogen-bond acceptors (Lipinski definition) is 8. The number of nitrogens with two attached hydrogens (primary N) is 1. The molecule has 2 fully saturated rings. The predicted molar refractivity (Wildman–Crippen MR) is 184 cm³/mol. The van der Waals surface area contributed by atoms with E-state index in [0.717, 1.165) is 66.1 Å². The van der Waals surface area contributed by atoms with Gasteiger partial charge in [0.25, 0.3) is 5.91 Å². The second-order valence-electron chi connectivity index (χ2n) is 12.9. The number of amides is 1. The molecule has 0 atom stereocenters. The maximum atomic E-state index is 12.7. The molecule has 3 aromatic carbocycles. The Morgan fingerprint density at radius 3 is 2.50 bits per heavy atom. The van der Waals surface area contributed by atoms with Crippen LogP contribution in [0.25, 0.3) is 39.5 Å². The highest BCUT2D eigenvalue weighted by Gasteiger charge is 2.52. The first-order valence-corrected chi connectivity index (χ1v) is 15.9. The van der Waals surface area contributed by atoms with Crippen LogP contribution < -0.4 is 11.1 Å². The zero-order chi connectivity index (χ0) is 32.8. The van der Waals surface area contributed by atoms with E-state index in [1.807, 2.05) is 54.6 Å². The monoisotopic (exact) mass is 635 g/mol. The topological polar surface area (TPSA) is 139 Å². The third-order valence-corrected chi connectivity index (χ3v) is 9.48. The van der Waals surface area contributed by atoms with Crippen molar-refractivity contribution in [2.45, 2.75) is 25.4 Å². The Morgan fingerprint density at radius 2 is 1.75 bits per heavy atom. The smallest absolute Gasteiger partial charge is 0.251 e. The molecule has 3 aromatic heterocycles. The fourth-order valence-electron chi connectivity index (χ4n) is 7.19. The van der Waals surface area contributed by atoms with Crippen LogP contribution >= 0.6 is 0 Å². The molecular formula is C38H33N7O3. The van der Waals surface area contributed by atoms with Crippen LogP contribution in [0.3, 0.4) is 0 Å². The second-order valence-corrected chi connectivity index (χ2v) is 12.9. The number of carbonyl (C=O) groups excluding carboxylic acids is 2. The van der Waals surface area contributed by atoms with Crippen LogP contribution in [0.1, 0.15) is 39.1 Å². The van der Waals surface area contributed by atoms with Crippen LogP contribution in [0.2, 0.25) is 0 Å². The summed E-state index contributed by atoms with van der Waals surface area (Å²) in [6.07, 6.45) is 4.09. The van der Waals surface area contributed by atoms with Gasteiger partial charge >= 0.3 is 0 Å². The number of hydrogen-bond donors (Lipinski definition) is 3. The number of benzene rings is 3. The second kappa shape index (κ2) is 11.7. The van der Waals surface area contributed by atoms with Crippen LogP contribution in [0.15, 0.2) is 103 Å². The maximum absolute atomic E-state index is 12.7. The quantitative estimate of drug-likeness (QED) is 0.183. The van der Waals surface area contributed by atoms with Gasteiger partial charge in [0, 0.05) is 48.7 Å². The highest BCUT2D eigenvalue weighted by atomic mass is 16.3. The third-order valence-electron chi connectivity index (χ3n) is 9.48. The molecule has 8 rings (SSSR count). The number of rotatable bonds is 8. The van der Waals surface area contributed by atoms with Gasteiger partial charge in [0.1, 0.15) is 17.1 Å². The van der Waals surface area contributed by atoms with E-state index in [2.05, 4.69) is 44.0 Å². The summed E-state index contributed by atoms with van der Waals surface area (Å²) < 4.78 is 2.05. The molecule has 10 nitrogen and oxygen atoms in total. The first kappa shape index (κ1) is 29.5. The number of pyridine rings is 2. The minimum Gasteiger partial charge on any atom is -0.507 e. The summed E-state index contributed by atoms with van der Waals surface area (Å²) in [5.74, 6) is 0.747. The summed E-state index contributed by atoms with van der Waals surface area (Å²) in [4.78, 5) is 40.6. The van der Waals surface area contributed by atoms with Crippen LogP contribution in [-0.2, 0) is 6.54 Å². The van der Waals surface area contributed by atoms with Crippen LogP contribution in [0.4, 0.5) is 5.82 Å². The molecule has 6 aromatic rings. The number of nitrogen functional groups attached to an aromatic ring is 1. The number of phenolic OH excluding ortho intramolecular Hbond substituents is 1. The van der Waals surface area contributed by atoms with Crippen molar-refractivity contribution in [3.8, 4) is 34.1 Å². The fourth-order valence-corrected chi connectivity index (χ4v) is 7.19. The van der Waals surface area contributed by atoms with Gasteiger partial charge in [-0.2, -0.15) is 0 Å². The first-order valence-electron chi connectivity index (χ1n) is 15.9. The van der Waals surface area contributed by atoms with Gasteiger partial charge in [-0.3, -0.25) is 19.1 Å². The molecule has 0 unspecified atom stereocenters. The number of anilines is 1. The average molecular weight is 636 g/mol. The van der Waals surface area contributed by atoms with Crippen molar-refractivity contribution in [2.75, 3.05) is 18.8 Å². The van der Waals surface area contributed by atoms with Crippen LogP contribution in [-0.4, -0.2) is 60.9 Å². The summed E-state index contributed by atoms with van der Waals surface area (Å²) in [7, 11) is 0. The van der Waals surface area contributed by atoms with Crippen molar-refractivity contribution in [1.29, 1.82) is 0 Å². The molecule has 48 heavy (non-hydrogen) atoms. The fraction of sp³-hybridized carbons (Fsp3) is 0.184. The number of likely N-dealkylation sites (tertiary alicyclic amines) is 1. The molecule has 1 amide bonds. The Kier molecular flexibility index (Phi) is 7.22. The van der Waals surface area contributed by atoms with E-state index in [1.54, 1.807) is 6.20 Å². The average Bonchev–Trinajstić information content (AvgIpc) is 3.46. The van der Waals surface area contributed by atoms with Crippen molar-refractivity contribution < 1.29 is 14.7 Å². The zero-order valence-electron chi connectivity index (χ0n) is 26.1. The van der Waals surface area contributed by atoms with E-state index in [-0.39, 0.29) is 28.7 Å². The van der Waals surface area contributed by atoms with Gasteiger partial charge < -0.3 is 16.2 Å². The Bertz CT molecular complexity index is 2170.